The Morgan fingerprint density at radius 1 is 0.892 bits per heavy atom. The third-order valence-electron chi connectivity index (χ3n) is 6.49. The summed E-state index contributed by atoms with van der Waals surface area (Å²) in [5, 5.41) is 3.07. The van der Waals surface area contributed by atoms with Crippen molar-refractivity contribution in [3.05, 3.63) is 95.1 Å². The van der Waals surface area contributed by atoms with Crippen LogP contribution in [0, 0.1) is 12.8 Å². The normalized spacial score (nSPS) is 12.9. The average Bonchev–Trinajstić information content (AvgIpc) is 3.37. The minimum absolute atomic E-state index is 0.0566. The minimum atomic E-state index is -0.619. The molecule has 0 aromatic heterocycles. The predicted octanol–water partition coefficient (Wildman–Crippen LogP) is 5.07. The van der Waals surface area contributed by atoms with Gasteiger partial charge in [0.05, 0.1) is 0 Å². The molecule has 0 radical (unpaired) electrons. The van der Waals surface area contributed by atoms with E-state index in [1.807, 2.05) is 79.7 Å². The van der Waals surface area contributed by atoms with Crippen LogP contribution in [0.5, 0.6) is 11.5 Å². The van der Waals surface area contributed by atoms with Gasteiger partial charge >= 0.3 is 0 Å². The number of amides is 2. The van der Waals surface area contributed by atoms with E-state index in [0.717, 1.165) is 28.0 Å². The number of carbonyl (C=O) groups excluding carboxylic acids is 2. The fraction of sp³-hybridized carbons (Fsp3) is 0.355. The second-order valence-corrected chi connectivity index (χ2v) is 10.0. The first-order chi connectivity index (χ1) is 17.9. The van der Waals surface area contributed by atoms with Crippen LogP contribution in [-0.2, 0) is 29.0 Å². The summed E-state index contributed by atoms with van der Waals surface area (Å²) >= 11 is 0. The maximum absolute atomic E-state index is 13.8. The van der Waals surface area contributed by atoms with Gasteiger partial charge in [-0.1, -0.05) is 80.1 Å². The number of rotatable bonds is 11. The molecule has 6 nitrogen and oxygen atoms in total. The quantitative estimate of drug-likeness (QED) is 0.399. The van der Waals surface area contributed by atoms with Crippen LogP contribution in [0.25, 0.3) is 0 Å². The molecule has 4 rings (SSSR count). The monoisotopic (exact) mass is 500 g/mol. The number of ether oxygens (including phenoxy) is 2. The number of hydrogen-bond donors (Lipinski definition) is 1. The summed E-state index contributed by atoms with van der Waals surface area (Å²) in [6.45, 7) is 7.31. The lowest BCUT2D eigenvalue weighted by Gasteiger charge is -2.32. The van der Waals surface area contributed by atoms with Crippen molar-refractivity contribution in [1.29, 1.82) is 0 Å². The van der Waals surface area contributed by atoms with E-state index in [0.29, 0.717) is 37.6 Å². The van der Waals surface area contributed by atoms with E-state index in [4.69, 9.17) is 9.47 Å². The van der Waals surface area contributed by atoms with Gasteiger partial charge in [0.25, 0.3) is 0 Å². The summed E-state index contributed by atoms with van der Waals surface area (Å²) < 4.78 is 10.9. The van der Waals surface area contributed by atoms with Crippen LogP contribution in [0.4, 0.5) is 0 Å². The maximum Gasteiger partial charge on any atom is 0.243 e. The van der Waals surface area contributed by atoms with Crippen molar-refractivity contribution < 1.29 is 19.1 Å². The Bertz CT molecular complexity index is 1190. The maximum atomic E-state index is 13.8. The van der Waals surface area contributed by atoms with E-state index < -0.39 is 6.04 Å². The van der Waals surface area contributed by atoms with E-state index in [9.17, 15) is 9.59 Å². The molecule has 1 aliphatic rings. The lowest BCUT2D eigenvalue weighted by Crippen LogP contribution is -2.51. The van der Waals surface area contributed by atoms with Gasteiger partial charge in [0.2, 0.25) is 18.6 Å². The van der Waals surface area contributed by atoms with Crippen LogP contribution in [0.2, 0.25) is 0 Å². The first-order valence-electron chi connectivity index (χ1n) is 12.9. The number of carbonyl (C=O) groups is 2. The van der Waals surface area contributed by atoms with Gasteiger partial charge in [-0.15, -0.1) is 0 Å². The average molecular weight is 501 g/mol. The second kappa shape index (κ2) is 12.4. The van der Waals surface area contributed by atoms with Gasteiger partial charge in [0.15, 0.2) is 11.5 Å². The zero-order chi connectivity index (χ0) is 26.2. The standard InChI is InChI=1S/C31H36N2O4/c1-22(2)19-32-31(35)27(17-24-7-5-4-6-8-24)33(20-26-11-9-23(3)10-12-26)30(34)16-14-25-13-15-28-29(18-25)37-21-36-28/h4-13,15,18,22,27H,14,16-17,19-21H2,1-3H3,(H,32,35). The van der Waals surface area contributed by atoms with Gasteiger partial charge in [-0.05, 0) is 48.1 Å². The molecule has 1 unspecified atom stereocenters. The fourth-order valence-corrected chi connectivity index (χ4v) is 4.36. The summed E-state index contributed by atoms with van der Waals surface area (Å²) in [5.74, 6) is 1.56. The summed E-state index contributed by atoms with van der Waals surface area (Å²) in [6, 6.07) is 23.2. The van der Waals surface area contributed by atoms with Crippen molar-refractivity contribution in [2.45, 2.75) is 52.6 Å². The van der Waals surface area contributed by atoms with Crippen LogP contribution in [0.3, 0.4) is 0 Å². The summed E-state index contributed by atoms with van der Waals surface area (Å²) in [5.41, 5.74) is 4.16. The van der Waals surface area contributed by atoms with Crippen molar-refractivity contribution in [1.82, 2.24) is 10.2 Å². The van der Waals surface area contributed by atoms with Gasteiger partial charge in [0.1, 0.15) is 6.04 Å². The Morgan fingerprint density at radius 3 is 2.32 bits per heavy atom. The minimum Gasteiger partial charge on any atom is -0.454 e. The number of nitrogens with zero attached hydrogens (tertiary/aromatic N) is 1. The van der Waals surface area contributed by atoms with Crippen molar-refractivity contribution >= 4 is 11.8 Å². The lowest BCUT2D eigenvalue weighted by atomic mass is 10.0. The summed E-state index contributed by atoms with van der Waals surface area (Å²) in [4.78, 5) is 29.0. The van der Waals surface area contributed by atoms with E-state index in [-0.39, 0.29) is 25.0 Å². The van der Waals surface area contributed by atoms with Gasteiger partial charge in [-0.3, -0.25) is 9.59 Å². The second-order valence-electron chi connectivity index (χ2n) is 10.0. The van der Waals surface area contributed by atoms with Crippen LogP contribution >= 0.6 is 0 Å². The topological polar surface area (TPSA) is 67.9 Å². The number of nitrogens with one attached hydrogen (secondary N) is 1. The molecule has 194 valence electrons. The van der Waals surface area contributed by atoms with E-state index in [2.05, 4.69) is 19.2 Å². The molecule has 2 amide bonds. The van der Waals surface area contributed by atoms with E-state index in [1.54, 1.807) is 4.90 Å². The molecule has 3 aromatic carbocycles. The fourth-order valence-electron chi connectivity index (χ4n) is 4.36. The lowest BCUT2D eigenvalue weighted by molar-refractivity contribution is -0.141. The molecular formula is C31H36N2O4. The van der Waals surface area contributed by atoms with Crippen molar-refractivity contribution in [2.75, 3.05) is 13.3 Å². The first kappa shape index (κ1) is 26.3. The third-order valence-corrected chi connectivity index (χ3v) is 6.49. The molecule has 6 heteroatoms. The first-order valence-corrected chi connectivity index (χ1v) is 12.9. The predicted molar refractivity (Wildman–Crippen MR) is 144 cm³/mol. The molecular weight excluding hydrogens is 464 g/mol. The molecule has 1 aliphatic heterocycles. The molecule has 0 saturated carbocycles. The van der Waals surface area contributed by atoms with E-state index in [1.165, 1.54) is 0 Å². The largest absolute Gasteiger partial charge is 0.454 e. The molecule has 1 N–H and O–H groups in total. The molecule has 1 heterocycles. The van der Waals surface area contributed by atoms with Gasteiger partial charge in [0, 0.05) is 25.9 Å². The zero-order valence-electron chi connectivity index (χ0n) is 21.9. The highest BCUT2D eigenvalue weighted by molar-refractivity contribution is 5.88. The number of hydrogen-bond acceptors (Lipinski definition) is 4. The number of fused-ring (bicyclic) bond motifs is 1. The Morgan fingerprint density at radius 2 is 1.59 bits per heavy atom. The molecule has 37 heavy (non-hydrogen) atoms. The molecule has 0 fully saturated rings. The Balaban J connectivity index is 1.58. The highest BCUT2D eigenvalue weighted by atomic mass is 16.7. The number of benzene rings is 3. The van der Waals surface area contributed by atoms with Crippen molar-refractivity contribution in [2.24, 2.45) is 5.92 Å². The third kappa shape index (κ3) is 7.35. The van der Waals surface area contributed by atoms with Crippen LogP contribution < -0.4 is 14.8 Å². The van der Waals surface area contributed by atoms with Crippen LogP contribution in [-0.4, -0.2) is 36.1 Å². The van der Waals surface area contributed by atoms with Gasteiger partial charge in [-0.25, -0.2) is 0 Å². The van der Waals surface area contributed by atoms with Crippen molar-refractivity contribution in [3.63, 3.8) is 0 Å². The Labute approximate surface area is 219 Å². The van der Waals surface area contributed by atoms with Crippen LogP contribution in [0.1, 0.15) is 42.5 Å². The zero-order valence-corrected chi connectivity index (χ0v) is 21.9. The summed E-state index contributed by atoms with van der Waals surface area (Å²) in [6.07, 6.45) is 1.28. The highest BCUT2D eigenvalue weighted by Crippen LogP contribution is 2.33. The molecule has 3 aromatic rings. The number of aryl methyl sites for hydroxylation is 2. The molecule has 1 atom stereocenters. The molecule has 0 aliphatic carbocycles. The Kier molecular flexibility index (Phi) is 8.83. The molecule has 0 saturated heterocycles. The molecule has 0 bridgehead atoms. The smallest absolute Gasteiger partial charge is 0.243 e. The van der Waals surface area contributed by atoms with Crippen molar-refractivity contribution in [3.8, 4) is 11.5 Å². The van der Waals surface area contributed by atoms with Crippen LogP contribution in [0.15, 0.2) is 72.8 Å². The Hall–Kier alpha value is -3.80. The van der Waals surface area contributed by atoms with E-state index >= 15 is 0 Å². The van der Waals surface area contributed by atoms with Gasteiger partial charge in [-0.2, -0.15) is 0 Å². The van der Waals surface area contributed by atoms with Gasteiger partial charge < -0.3 is 19.7 Å². The SMILES string of the molecule is Cc1ccc(CN(C(=O)CCc2ccc3c(c2)OCO3)C(Cc2ccccc2)C(=O)NCC(C)C)cc1. The molecule has 0 spiro atoms. The highest BCUT2D eigenvalue weighted by Gasteiger charge is 2.30. The summed E-state index contributed by atoms with van der Waals surface area (Å²) in [7, 11) is 0.